The van der Waals surface area contributed by atoms with E-state index in [2.05, 4.69) is 12.0 Å². The number of nitrogen functional groups attached to an aromatic ring is 1. The van der Waals surface area contributed by atoms with Crippen LogP contribution in [0.4, 0.5) is 5.69 Å². The van der Waals surface area contributed by atoms with Crippen LogP contribution in [-0.4, -0.2) is 23.0 Å². The Morgan fingerprint density at radius 2 is 2.62 bits per heavy atom. The van der Waals surface area contributed by atoms with Crippen molar-refractivity contribution in [1.29, 1.82) is 0 Å². The molecule has 13 heavy (non-hydrogen) atoms. The van der Waals surface area contributed by atoms with Crippen LogP contribution in [0.15, 0.2) is 6.20 Å². The average molecular weight is 181 g/mol. The third kappa shape index (κ3) is 1.54. The highest BCUT2D eigenvalue weighted by Gasteiger charge is 2.22. The molecule has 0 aromatic carbocycles. The summed E-state index contributed by atoms with van der Waals surface area (Å²) in [7, 11) is 0. The molecule has 1 saturated heterocycles. The van der Waals surface area contributed by atoms with Crippen molar-refractivity contribution in [2.75, 3.05) is 18.9 Å². The number of rotatable bonds is 2. The first kappa shape index (κ1) is 8.56. The monoisotopic (exact) mass is 181 g/mol. The Hall–Kier alpha value is -1.03. The van der Waals surface area contributed by atoms with E-state index in [0.717, 1.165) is 37.6 Å². The zero-order chi connectivity index (χ0) is 9.26. The van der Waals surface area contributed by atoms with Crippen LogP contribution in [-0.2, 0) is 11.3 Å². The van der Waals surface area contributed by atoms with Crippen LogP contribution in [0.5, 0.6) is 0 Å². The number of nitrogens with zero attached hydrogens (tertiary/aromatic N) is 2. The van der Waals surface area contributed by atoms with Crippen molar-refractivity contribution in [3.8, 4) is 0 Å². The number of hydrogen-bond acceptors (Lipinski definition) is 3. The summed E-state index contributed by atoms with van der Waals surface area (Å²) in [6.45, 7) is 4.53. The molecule has 1 aromatic heterocycles. The van der Waals surface area contributed by atoms with E-state index in [1.807, 2.05) is 10.9 Å². The maximum absolute atomic E-state index is 5.86. The topological polar surface area (TPSA) is 53.1 Å². The normalized spacial score (nSPS) is 22.4. The second-order valence-electron chi connectivity index (χ2n) is 3.39. The lowest BCUT2D eigenvalue weighted by molar-refractivity contribution is 0.193. The Labute approximate surface area is 77.7 Å². The summed E-state index contributed by atoms with van der Waals surface area (Å²) < 4.78 is 7.18. The first-order chi connectivity index (χ1) is 6.31. The van der Waals surface area contributed by atoms with Gasteiger partial charge < -0.3 is 10.5 Å². The van der Waals surface area contributed by atoms with Crippen molar-refractivity contribution >= 4 is 5.69 Å². The van der Waals surface area contributed by atoms with Gasteiger partial charge in [0.25, 0.3) is 0 Å². The standard InChI is InChI=1S/C9H15N3O/c1-2-12-5-8(10)9(11-12)7-3-4-13-6-7/h5,7H,2-4,6,10H2,1H3. The van der Waals surface area contributed by atoms with Crippen molar-refractivity contribution in [3.63, 3.8) is 0 Å². The van der Waals surface area contributed by atoms with Crippen LogP contribution in [0.1, 0.15) is 25.0 Å². The maximum Gasteiger partial charge on any atom is 0.0908 e. The van der Waals surface area contributed by atoms with Gasteiger partial charge in [-0.15, -0.1) is 0 Å². The summed E-state index contributed by atoms with van der Waals surface area (Å²) in [5.74, 6) is 0.410. The van der Waals surface area contributed by atoms with Crippen molar-refractivity contribution in [2.45, 2.75) is 25.8 Å². The van der Waals surface area contributed by atoms with Gasteiger partial charge >= 0.3 is 0 Å². The molecular weight excluding hydrogens is 166 g/mol. The Morgan fingerprint density at radius 3 is 3.15 bits per heavy atom. The molecule has 0 radical (unpaired) electrons. The van der Waals surface area contributed by atoms with Gasteiger partial charge in [-0.1, -0.05) is 0 Å². The minimum Gasteiger partial charge on any atom is -0.396 e. The summed E-state index contributed by atoms with van der Waals surface area (Å²) in [6, 6.07) is 0. The van der Waals surface area contributed by atoms with Gasteiger partial charge in [-0.3, -0.25) is 4.68 Å². The fourth-order valence-corrected chi connectivity index (χ4v) is 1.68. The third-order valence-corrected chi connectivity index (χ3v) is 2.46. The summed E-state index contributed by atoms with van der Waals surface area (Å²) >= 11 is 0. The number of aromatic nitrogens is 2. The lowest BCUT2D eigenvalue weighted by Gasteiger charge is -2.03. The predicted molar refractivity (Wildman–Crippen MR) is 50.5 cm³/mol. The molecule has 1 aromatic rings. The highest BCUT2D eigenvalue weighted by atomic mass is 16.5. The Kier molecular flexibility index (Phi) is 2.22. The maximum atomic E-state index is 5.86. The van der Waals surface area contributed by atoms with Crippen LogP contribution < -0.4 is 5.73 Å². The summed E-state index contributed by atoms with van der Waals surface area (Å²) in [5, 5.41) is 4.42. The van der Waals surface area contributed by atoms with Gasteiger partial charge in [-0.05, 0) is 13.3 Å². The van der Waals surface area contributed by atoms with E-state index < -0.39 is 0 Å². The summed E-state index contributed by atoms with van der Waals surface area (Å²) in [6.07, 6.45) is 2.94. The van der Waals surface area contributed by atoms with E-state index in [0.29, 0.717) is 5.92 Å². The summed E-state index contributed by atoms with van der Waals surface area (Å²) in [5.41, 5.74) is 7.67. The lowest BCUT2D eigenvalue weighted by Crippen LogP contribution is -2.03. The first-order valence-corrected chi connectivity index (χ1v) is 4.72. The molecule has 1 atom stereocenters. The molecule has 2 heterocycles. The number of hydrogen-bond donors (Lipinski definition) is 1. The molecule has 1 unspecified atom stereocenters. The summed E-state index contributed by atoms with van der Waals surface area (Å²) in [4.78, 5) is 0. The molecule has 72 valence electrons. The lowest BCUT2D eigenvalue weighted by atomic mass is 10.0. The van der Waals surface area contributed by atoms with E-state index >= 15 is 0 Å². The fraction of sp³-hybridized carbons (Fsp3) is 0.667. The zero-order valence-corrected chi connectivity index (χ0v) is 7.86. The molecule has 4 nitrogen and oxygen atoms in total. The van der Waals surface area contributed by atoms with Crippen LogP contribution in [0.3, 0.4) is 0 Å². The number of anilines is 1. The van der Waals surface area contributed by atoms with Crippen LogP contribution in [0.2, 0.25) is 0 Å². The molecule has 0 spiro atoms. The molecule has 2 rings (SSSR count). The van der Waals surface area contributed by atoms with Crippen molar-refractivity contribution in [3.05, 3.63) is 11.9 Å². The molecule has 1 aliphatic heterocycles. The van der Waals surface area contributed by atoms with Crippen LogP contribution >= 0.6 is 0 Å². The van der Waals surface area contributed by atoms with Crippen LogP contribution in [0, 0.1) is 0 Å². The minimum absolute atomic E-state index is 0.410. The molecular formula is C9H15N3O. The van der Waals surface area contributed by atoms with E-state index in [1.165, 1.54) is 0 Å². The second kappa shape index (κ2) is 3.38. The average Bonchev–Trinajstić information content (AvgIpc) is 2.72. The van der Waals surface area contributed by atoms with Gasteiger partial charge in [-0.25, -0.2) is 0 Å². The Morgan fingerprint density at radius 1 is 1.77 bits per heavy atom. The van der Waals surface area contributed by atoms with Crippen LogP contribution in [0.25, 0.3) is 0 Å². The molecule has 0 aliphatic carbocycles. The molecule has 0 saturated carbocycles. The predicted octanol–water partition coefficient (Wildman–Crippen LogP) is 0.989. The van der Waals surface area contributed by atoms with E-state index in [1.54, 1.807) is 0 Å². The molecule has 4 heteroatoms. The van der Waals surface area contributed by atoms with Gasteiger partial charge in [-0.2, -0.15) is 5.10 Å². The zero-order valence-electron chi connectivity index (χ0n) is 7.86. The van der Waals surface area contributed by atoms with Gasteiger partial charge in [0.2, 0.25) is 0 Å². The smallest absolute Gasteiger partial charge is 0.0908 e. The Bertz CT molecular complexity index is 289. The quantitative estimate of drug-likeness (QED) is 0.740. The molecule has 0 amide bonds. The van der Waals surface area contributed by atoms with Gasteiger partial charge in [0.05, 0.1) is 18.0 Å². The number of ether oxygens (including phenoxy) is 1. The molecule has 2 N–H and O–H groups in total. The highest BCUT2D eigenvalue weighted by molar-refractivity contribution is 5.43. The minimum atomic E-state index is 0.410. The van der Waals surface area contributed by atoms with Crippen molar-refractivity contribution in [2.24, 2.45) is 0 Å². The van der Waals surface area contributed by atoms with Crippen molar-refractivity contribution < 1.29 is 4.74 Å². The third-order valence-electron chi connectivity index (χ3n) is 2.46. The largest absolute Gasteiger partial charge is 0.396 e. The fourth-order valence-electron chi connectivity index (χ4n) is 1.68. The molecule has 1 aliphatic rings. The number of nitrogens with two attached hydrogens (primary N) is 1. The van der Waals surface area contributed by atoms with Crippen molar-refractivity contribution in [1.82, 2.24) is 9.78 Å². The first-order valence-electron chi connectivity index (χ1n) is 4.72. The molecule has 1 fully saturated rings. The van der Waals surface area contributed by atoms with Gasteiger partial charge in [0.1, 0.15) is 0 Å². The second-order valence-corrected chi connectivity index (χ2v) is 3.39. The molecule has 0 bridgehead atoms. The number of aryl methyl sites for hydroxylation is 1. The van der Waals surface area contributed by atoms with Gasteiger partial charge in [0, 0.05) is 25.3 Å². The van der Waals surface area contributed by atoms with E-state index in [4.69, 9.17) is 10.5 Å². The SMILES string of the molecule is CCn1cc(N)c(C2CCOC2)n1. The van der Waals surface area contributed by atoms with E-state index in [9.17, 15) is 0 Å². The van der Waals surface area contributed by atoms with E-state index in [-0.39, 0.29) is 0 Å². The Balaban J connectivity index is 2.22. The van der Waals surface area contributed by atoms with Gasteiger partial charge in [0.15, 0.2) is 0 Å². The highest BCUT2D eigenvalue weighted by Crippen LogP contribution is 2.27.